The molecule has 0 aliphatic heterocycles. The second-order valence-corrected chi connectivity index (χ2v) is 6.38. The number of nitrogens with zero attached hydrogens (tertiary/aromatic N) is 1. The van der Waals surface area contributed by atoms with E-state index in [1.165, 1.54) is 37.7 Å². The number of hydrogen-bond acceptors (Lipinski definition) is 1. The number of benzene rings is 1. The summed E-state index contributed by atoms with van der Waals surface area (Å²) >= 11 is 3.60. The van der Waals surface area contributed by atoms with Crippen LogP contribution in [0, 0.1) is 0 Å². The van der Waals surface area contributed by atoms with E-state index in [0.717, 1.165) is 18.4 Å². The Bertz CT molecular complexity index is 398. The Morgan fingerprint density at radius 2 is 1.89 bits per heavy atom. The number of rotatable bonds is 7. The van der Waals surface area contributed by atoms with Crippen molar-refractivity contribution < 1.29 is 0 Å². The summed E-state index contributed by atoms with van der Waals surface area (Å²) in [5.74, 6) is 0. The van der Waals surface area contributed by atoms with Gasteiger partial charge in [0.25, 0.3) is 0 Å². The molecule has 0 saturated carbocycles. The average Bonchev–Trinajstić information content (AvgIpc) is 2.87. The highest BCUT2D eigenvalue weighted by molar-refractivity contribution is 9.09. The highest BCUT2D eigenvalue weighted by Gasteiger charge is 2.16. The van der Waals surface area contributed by atoms with Gasteiger partial charge in [0.15, 0.2) is 0 Å². The highest BCUT2D eigenvalue weighted by Crippen LogP contribution is 2.24. The van der Waals surface area contributed by atoms with E-state index in [4.69, 9.17) is 0 Å². The van der Waals surface area contributed by atoms with Crippen LogP contribution in [-0.4, -0.2) is 22.8 Å². The van der Waals surface area contributed by atoms with Crippen LogP contribution in [0.2, 0.25) is 0 Å². The molecule has 0 atom stereocenters. The van der Waals surface area contributed by atoms with Gasteiger partial charge < -0.3 is 0 Å². The molecule has 0 saturated heterocycles. The number of hydrogen-bond donors (Lipinski definition) is 0. The van der Waals surface area contributed by atoms with Crippen molar-refractivity contribution in [2.24, 2.45) is 0 Å². The lowest BCUT2D eigenvalue weighted by Crippen LogP contribution is -2.35. The van der Waals surface area contributed by atoms with Gasteiger partial charge in [-0.3, -0.25) is 4.90 Å². The summed E-state index contributed by atoms with van der Waals surface area (Å²) in [5.41, 5.74) is 4.67. The summed E-state index contributed by atoms with van der Waals surface area (Å²) in [6.45, 7) is 6.85. The standard InChI is InChI=1S/C17H26BrN/c1-3-17(4-2)19(11-10-18)13-14-8-9-15-6-5-7-16(15)12-14/h8-9,12,17H,3-7,10-11,13H2,1-2H3. The van der Waals surface area contributed by atoms with Crippen molar-refractivity contribution in [2.75, 3.05) is 11.9 Å². The van der Waals surface area contributed by atoms with E-state index in [1.807, 2.05) is 0 Å². The molecule has 0 aromatic heterocycles. The third-order valence-corrected chi connectivity index (χ3v) is 4.73. The first-order valence-electron chi connectivity index (χ1n) is 7.69. The van der Waals surface area contributed by atoms with Crippen LogP contribution >= 0.6 is 15.9 Å². The Kier molecular flexibility index (Phi) is 5.90. The molecule has 0 heterocycles. The fourth-order valence-corrected chi connectivity index (χ4v) is 3.72. The van der Waals surface area contributed by atoms with E-state index in [1.54, 1.807) is 11.1 Å². The molecule has 0 N–H and O–H groups in total. The monoisotopic (exact) mass is 323 g/mol. The van der Waals surface area contributed by atoms with Gasteiger partial charge in [-0.25, -0.2) is 0 Å². The topological polar surface area (TPSA) is 3.24 Å². The molecule has 0 fully saturated rings. The summed E-state index contributed by atoms with van der Waals surface area (Å²) in [6.07, 6.45) is 6.40. The molecule has 2 heteroatoms. The summed E-state index contributed by atoms with van der Waals surface area (Å²) in [7, 11) is 0. The summed E-state index contributed by atoms with van der Waals surface area (Å²) in [5, 5.41) is 1.06. The van der Waals surface area contributed by atoms with Crippen LogP contribution < -0.4 is 0 Å². The zero-order chi connectivity index (χ0) is 13.7. The molecule has 1 aliphatic carbocycles. The van der Waals surface area contributed by atoms with Gasteiger partial charge in [0.1, 0.15) is 0 Å². The molecule has 0 unspecified atom stereocenters. The third-order valence-electron chi connectivity index (χ3n) is 4.38. The van der Waals surface area contributed by atoms with Crippen LogP contribution in [0.4, 0.5) is 0 Å². The minimum Gasteiger partial charge on any atom is -0.295 e. The highest BCUT2D eigenvalue weighted by atomic mass is 79.9. The largest absolute Gasteiger partial charge is 0.295 e. The number of aryl methyl sites for hydroxylation is 2. The number of fused-ring (bicyclic) bond motifs is 1. The maximum atomic E-state index is 3.60. The molecule has 2 rings (SSSR count). The fourth-order valence-electron chi connectivity index (χ4n) is 3.26. The SMILES string of the molecule is CCC(CC)N(CCBr)Cc1ccc2c(c1)CCC2. The molecule has 0 bridgehead atoms. The first kappa shape index (κ1) is 15.1. The number of halogens is 1. The zero-order valence-corrected chi connectivity index (χ0v) is 13.9. The van der Waals surface area contributed by atoms with E-state index >= 15 is 0 Å². The van der Waals surface area contributed by atoms with Crippen LogP contribution in [-0.2, 0) is 19.4 Å². The van der Waals surface area contributed by atoms with E-state index in [9.17, 15) is 0 Å². The molecule has 1 aromatic rings. The first-order valence-corrected chi connectivity index (χ1v) is 8.81. The number of alkyl halides is 1. The van der Waals surface area contributed by atoms with Crippen molar-refractivity contribution in [3.63, 3.8) is 0 Å². The third kappa shape index (κ3) is 3.82. The second-order valence-electron chi connectivity index (χ2n) is 5.59. The lowest BCUT2D eigenvalue weighted by atomic mass is 10.0. The van der Waals surface area contributed by atoms with Gasteiger partial charge >= 0.3 is 0 Å². The second kappa shape index (κ2) is 7.44. The minimum atomic E-state index is 0.714. The predicted molar refractivity (Wildman–Crippen MR) is 87.0 cm³/mol. The van der Waals surface area contributed by atoms with Crippen molar-refractivity contribution in [3.05, 3.63) is 34.9 Å². The predicted octanol–water partition coefficient (Wildman–Crippen LogP) is 4.56. The van der Waals surface area contributed by atoms with Gasteiger partial charge in [-0.15, -0.1) is 0 Å². The Labute approximate surface area is 126 Å². The van der Waals surface area contributed by atoms with Crippen molar-refractivity contribution in [1.29, 1.82) is 0 Å². The fraction of sp³-hybridized carbons (Fsp3) is 0.647. The molecule has 1 nitrogen and oxygen atoms in total. The molecule has 0 radical (unpaired) electrons. The quantitative estimate of drug-likeness (QED) is 0.665. The van der Waals surface area contributed by atoms with Crippen LogP contribution in [0.5, 0.6) is 0 Å². The van der Waals surface area contributed by atoms with E-state index in [2.05, 4.69) is 52.9 Å². The van der Waals surface area contributed by atoms with Crippen molar-refractivity contribution in [3.8, 4) is 0 Å². The van der Waals surface area contributed by atoms with Crippen molar-refractivity contribution in [2.45, 2.75) is 58.5 Å². The van der Waals surface area contributed by atoms with Gasteiger partial charge in [0, 0.05) is 24.5 Å². The summed E-state index contributed by atoms with van der Waals surface area (Å²) < 4.78 is 0. The molecule has 1 aromatic carbocycles. The van der Waals surface area contributed by atoms with E-state index < -0.39 is 0 Å². The van der Waals surface area contributed by atoms with Gasteiger partial charge in [-0.05, 0) is 48.8 Å². The van der Waals surface area contributed by atoms with E-state index in [-0.39, 0.29) is 0 Å². The average molecular weight is 324 g/mol. The first-order chi connectivity index (χ1) is 9.28. The molecule has 106 valence electrons. The summed E-state index contributed by atoms with van der Waals surface area (Å²) in [6, 6.07) is 7.86. The Morgan fingerprint density at radius 3 is 2.58 bits per heavy atom. The van der Waals surface area contributed by atoms with Crippen molar-refractivity contribution >= 4 is 15.9 Å². The van der Waals surface area contributed by atoms with Gasteiger partial charge in [-0.1, -0.05) is 48.0 Å². The Balaban J connectivity index is 2.08. The molecule has 1 aliphatic rings. The van der Waals surface area contributed by atoms with Crippen LogP contribution in [0.25, 0.3) is 0 Å². The maximum absolute atomic E-state index is 3.60. The van der Waals surface area contributed by atoms with Gasteiger partial charge in [-0.2, -0.15) is 0 Å². The Hall–Kier alpha value is -0.340. The smallest absolute Gasteiger partial charge is 0.0237 e. The van der Waals surface area contributed by atoms with Gasteiger partial charge in [0.05, 0.1) is 0 Å². The summed E-state index contributed by atoms with van der Waals surface area (Å²) in [4.78, 5) is 2.63. The van der Waals surface area contributed by atoms with Crippen LogP contribution in [0.15, 0.2) is 18.2 Å². The lowest BCUT2D eigenvalue weighted by molar-refractivity contribution is 0.189. The van der Waals surface area contributed by atoms with Crippen LogP contribution in [0.1, 0.15) is 49.8 Å². The van der Waals surface area contributed by atoms with Crippen LogP contribution in [0.3, 0.4) is 0 Å². The molecule has 19 heavy (non-hydrogen) atoms. The molecular weight excluding hydrogens is 298 g/mol. The molecular formula is C17H26BrN. The molecule has 0 amide bonds. The normalized spacial score (nSPS) is 14.4. The van der Waals surface area contributed by atoms with Gasteiger partial charge in [0.2, 0.25) is 0 Å². The lowest BCUT2D eigenvalue weighted by Gasteiger charge is -2.30. The van der Waals surface area contributed by atoms with E-state index in [0.29, 0.717) is 6.04 Å². The molecule has 0 spiro atoms. The minimum absolute atomic E-state index is 0.714. The van der Waals surface area contributed by atoms with Crippen molar-refractivity contribution in [1.82, 2.24) is 4.90 Å². The Morgan fingerprint density at radius 1 is 1.16 bits per heavy atom. The zero-order valence-electron chi connectivity index (χ0n) is 12.3. The maximum Gasteiger partial charge on any atom is 0.0237 e.